The lowest BCUT2D eigenvalue weighted by atomic mass is 10.0. The highest BCUT2D eigenvalue weighted by Gasteiger charge is 2.20. The second-order valence-electron chi connectivity index (χ2n) is 6.71. The van der Waals surface area contributed by atoms with Crippen LogP contribution in [0.1, 0.15) is 24.3 Å². The van der Waals surface area contributed by atoms with E-state index in [4.69, 9.17) is 0 Å². The molecule has 3 N–H and O–H groups in total. The zero-order chi connectivity index (χ0) is 19.2. The van der Waals surface area contributed by atoms with Gasteiger partial charge in [0, 0.05) is 18.3 Å². The maximum Gasteiger partial charge on any atom is 0.275 e. The normalized spacial score (nSPS) is 12.0. The predicted molar refractivity (Wildman–Crippen MR) is 106 cm³/mol. The molecule has 27 heavy (non-hydrogen) atoms. The van der Waals surface area contributed by atoms with Gasteiger partial charge in [-0.15, -0.1) is 0 Å². The maximum absolute atomic E-state index is 12.5. The molecule has 1 unspecified atom stereocenters. The van der Waals surface area contributed by atoms with Gasteiger partial charge in [-0.3, -0.25) is 4.79 Å². The van der Waals surface area contributed by atoms with Crippen molar-refractivity contribution in [1.82, 2.24) is 15.1 Å². The molecule has 1 amide bonds. The highest BCUT2D eigenvalue weighted by atomic mass is 16.3. The van der Waals surface area contributed by atoms with E-state index in [0.29, 0.717) is 12.5 Å². The van der Waals surface area contributed by atoms with Crippen molar-refractivity contribution in [3.8, 4) is 11.4 Å². The van der Waals surface area contributed by atoms with Gasteiger partial charge in [-0.05, 0) is 30.2 Å². The molecule has 0 spiro atoms. The Morgan fingerprint density at radius 2 is 1.70 bits per heavy atom. The Hall–Kier alpha value is -3.28. The van der Waals surface area contributed by atoms with Crippen LogP contribution in [0.4, 0.5) is 5.69 Å². The number of hydrogen-bond donors (Lipinski definition) is 3. The van der Waals surface area contributed by atoms with Crippen LogP contribution in [0.25, 0.3) is 5.69 Å². The molecule has 140 valence electrons. The predicted octanol–water partition coefficient (Wildman–Crippen LogP) is 3.44. The van der Waals surface area contributed by atoms with Crippen molar-refractivity contribution in [3.63, 3.8) is 0 Å². The minimum absolute atomic E-state index is 0.0149. The molecular formula is C21H24N4O2. The van der Waals surface area contributed by atoms with Crippen LogP contribution in [0.2, 0.25) is 0 Å². The third-order valence-electron chi connectivity index (χ3n) is 4.34. The number of benzene rings is 2. The van der Waals surface area contributed by atoms with E-state index in [1.54, 1.807) is 0 Å². The number of rotatable bonds is 7. The van der Waals surface area contributed by atoms with Gasteiger partial charge in [0.25, 0.3) is 5.91 Å². The third-order valence-corrected chi connectivity index (χ3v) is 4.34. The maximum atomic E-state index is 12.5. The molecule has 0 saturated carbocycles. The Bertz CT molecular complexity index is 876. The smallest absolute Gasteiger partial charge is 0.275 e. The molecule has 3 rings (SSSR count). The molecule has 1 atom stereocenters. The Balaban J connectivity index is 1.66. The average molecular weight is 364 g/mol. The first kappa shape index (κ1) is 18.5. The van der Waals surface area contributed by atoms with Crippen molar-refractivity contribution in [1.29, 1.82) is 0 Å². The molecule has 0 radical (unpaired) electrons. The van der Waals surface area contributed by atoms with Crippen LogP contribution in [0.3, 0.4) is 0 Å². The summed E-state index contributed by atoms with van der Waals surface area (Å²) in [5.74, 6) is -0.239. The first-order chi connectivity index (χ1) is 13.0. The van der Waals surface area contributed by atoms with E-state index in [1.165, 1.54) is 10.9 Å². The van der Waals surface area contributed by atoms with Gasteiger partial charge in [0.15, 0.2) is 11.4 Å². The number of nitrogens with one attached hydrogen (secondary N) is 2. The van der Waals surface area contributed by atoms with Crippen molar-refractivity contribution < 1.29 is 9.90 Å². The molecule has 0 aliphatic carbocycles. The number of hydrogen-bond acceptors (Lipinski definition) is 4. The van der Waals surface area contributed by atoms with Crippen molar-refractivity contribution in [2.45, 2.75) is 19.9 Å². The van der Waals surface area contributed by atoms with Crippen molar-refractivity contribution >= 4 is 11.6 Å². The topological polar surface area (TPSA) is 79.2 Å². The van der Waals surface area contributed by atoms with Gasteiger partial charge in [0.05, 0.1) is 11.9 Å². The molecule has 0 saturated heterocycles. The van der Waals surface area contributed by atoms with Crippen molar-refractivity contribution in [2.24, 2.45) is 5.92 Å². The largest absolute Gasteiger partial charge is 0.504 e. The fraction of sp³-hybridized carbons (Fsp3) is 0.238. The second-order valence-corrected chi connectivity index (χ2v) is 6.71. The number of anilines is 1. The molecule has 6 heteroatoms. The SMILES string of the molecule is CC(C)C(CNC(=O)c1nn(-c2ccccc2)cc1O)Nc1ccccc1. The first-order valence-corrected chi connectivity index (χ1v) is 8.98. The number of carbonyl (C=O) groups excluding carboxylic acids is 1. The third kappa shape index (κ3) is 4.67. The van der Waals surface area contributed by atoms with Crippen LogP contribution in [0, 0.1) is 5.92 Å². The quantitative estimate of drug-likeness (QED) is 0.600. The zero-order valence-corrected chi connectivity index (χ0v) is 15.5. The summed E-state index contributed by atoms with van der Waals surface area (Å²) in [5, 5.41) is 20.6. The first-order valence-electron chi connectivity index (χ1n) is 8.98. The lowest BCUT2D eigenvalue weighted by molar-refractivity contribution is 0.0942. The van der Waals surface area contributed by atoms with Crippen molar-refractivity contribution in [2.75, 3.05) is 11.9 Å². The van der Waals surface area contributed by atoms with Gasteiger partial charge >= 0.3 is 0 Å². The lowest BCUT2D eigenvalue weighted by Gasteiger charge is -2.23. The number of carbonyl (C=O) groups is 1. The zero-order valence-electron chi connectivity index (χ0n) is 15.5. The Kier molecular flexibility index (Phi) is 5.76. The molecule has 0 fully saturated rings. The minimum atomic E-state index is -0.400. The van der Waals surface area contributed by atoms with Crippen molar-refractivity contribution in [3.05, 3.63) is 72.6 Å². The number of para-hydroxylation sites is 2. The lowest BCUT2D eigenvalue weighted by Crippen LogP contribution is -2.39. The molecule has 1 aromatic heterocycles. The monoisotopic (exact) mass is 364 g/mol. The number of aromatic nitrogens is 2. The van der Waals surface area contributed by atoms with Crippen LogP contribution in [-0.2, 0) is 0 Å². The molecular weight excluding hydrogens is 340 g/mol. The summed E-state index contributed by atoms with van der Waals surface area (Å²) in [4.78, 5) is 12.5. The standard InChI is InChI=1S/C21H24N4O2/c1-15(2)18(23-16-9-5-3-6-10-16)13-22-21(27)20-19(26)14-25(24-20)17-11-7-4-8-12-17/h3-12,14-15,18,23,26H,13H2,1-2H3,(H,22,27). The Labute approximate surface area is 158 Å². The van der Waals surface area contributed by atoms with E-state index in [2.05, 4.69) is 29.6 Å². The van der Waals surface area contributed by atoms with Crippen LogP contribution >= 0.6 is 0 Å². The van der Waals surface area contributed by atoms with Gasteiger partial charge in [0.2, 0.25) is 0 Å². The minimum Gasteiger partial charge on any atom is -0.504 e. The van der Waals surface area contributed by atoms with Crippen LogP contribution in [-0.4, -0.2) is 33.4 Å². The fourth-order valence-electron chi connectivity index (χ4n) is 2.73. The molecule has 3 aromatic rings. The molecule has 0 aliphatic heterocycles. The summed E-state index contributed by atoms with van der Waals surface area (Å²) in [5.41, 5.74) is 1.79. The van der Waals surface area contributed by atoms with Gasteiger partial charge in [0.1, 0.15) is 0 Å². The second kappa shape index (κ2) is 8.40. The van der Waals surface area contributed by atoms with Gasteiger partial charge in [-0.1, -0.05) is 50.2 Å². The van der Waals surface area contributed by atoms with Crippen LogP contribution in [0.15, 0.2) is 66.9 Å². The highest BCUT2D eigenvalue weighted by Crippen LogP contribution is 2.18. The summed E-state index contributed by atoms with van der Waals surface area (Å²) >= 11 is 0. The molecule has 2 aromatic carbocycles. The molecule has 0 aliphatic rings. The van der Waals surface area contributed by atoms with Gasteiger partial charge < -0.3 is 15.7 Å². The van der Waals surface area contributed by atoms with E-state index < -0.39 is 5.91 Å². The Morgan fingerprint density at radius 1 is 1.07 bits per heavy atom. The summed E-state index contributed by atoms with van der Waals surface area (Å²) in [6, 6.07) is 19.3. The van der Waals surface area contributed by atoms with E-state index in [9.17, 15) is 9.90 Å². The fourth-order valence-corrected chi connectivity index (χ4v) is 2.73. The van der Waals surface area contributed by atoms with E-state index in [-0.39, 0.29) is 17.5 Å². The van der Waals surface area contributed by atoms with Gasteiger partial charge in [-0.25, -0.2) is 4.68 Å². The average Bonchev–Trinajstić information content (AvgIpc) is 3.08. The highest BCUT2D eigenvalue weighted by molar-refractivity contribution is 5.94. The molecule has 1 heterocycles. The summed E-state index contributed by atoms with van der Waals surface area (Å²) in [6.07, 6.45) is 1.44. The summed E-state index contributed by atoms with van der Waals surface area (Å²) in [6.45, 7) is 4.60. The van der Waals surface area contributed by atoms with Crippen LogP contribution in [0.5, 0.6) is 5.75 Å². The van der Waals surface area contributed by atoms with E-state index in [1.807, 2.05) is 60.7 Å². The summed E-state index contributed by atoms with van der Waals surface area (Å²) < 4.78 is 1.49. The van der Waals surface area contributed by atoms with E-state index >= 15 is 0 Å². The molecule has 0 bridgehead atoms. The number of nitrogens with zero attached hydrogens (tertiary/aromatic N) is 2. The Morgan fingerprint density at radius 3 is 2.33 bits per heavy atom. The van der Waals surface area contributed by atoms with Gasteiger partial charge in [-0.2, -0.15) is 5.10 Å². The summed E-state index contributed by atoms with van der Waals surface area (Å²) in [7, 11) is 0. The molecule has 6 nitrogen and oxygen atoms in total. The van der Waals surface area contributed by atoms with E-state index in [0.717, 1.165) is 11.4 Å². The number of aromatic hydroxyl groups is 1. The number of amides is 1. The van der Waals surface area contributed by atoms with Crippen LogP contribution < -0.4 is 10.6 Å².